The van der Waals surface area contributed by atoms with Crippen molar-refractivity contribution in [2.45, 2.75) is 0 Å². The summed E-state index contributed by atoms with van der Waals surface area (Å²) in [6, 6.07) is 11.4. The molecule has 24 heavy (non-hydrogen) atoms. The number of aryl methyl sites for hydroxylation is 1. The summed E-state index contributed by atoms with van der Waals surface area (Å²) in [5.41, 5.74) is 1.93. The first-order chi connectivity index (χ1) is 11.5. The van der Waals surface area contributed by atoms with Crippen LogP contribution in [0.1, 0.15) is 0 Å². The second-order valence-corrected chi connectivity index (χ2v) is 6.02. The van der Waals surface area contributed by atoms with Crippen LogP contribution in [-0.2, 0) is 11.8 Å². The number of fused-ring (bicyclic) bond motifs is 1. The van der Waals surface area contributed by atoms with Crippen molar-refractivity contribution < 1.29 is 9.59 Å². The summed E-state index contributed by atoms with van der Waals surface area (Å²) in [7, 11) is 1.93. The molecule has 0 aliphatic rings. The topological polar surface area (TPSA) is 54.3 Å². The van der Waals surface area contributed by atoms with E-state index in [1.807, 2.05) is 29.9 Å². The molecule has 0 unspecified atom stereocenters. The monoisotopic (exact) mass is 361 g/mol. The Hall–Kier alpha value is -2.50. The highest BCUT2D eigenvalue weighted by molar-refractivity contribution is 6.42. The van der Waals surface area contributed by atoms with Crippen LogP contribution < -0.4 is 10.2 Å². The number of aromatic nitrogens is 1. The van der Waals surface area contributed by atoms with Crippen molar-refractivity contribution in [2.24, 2.45) is 7.05 Å². The smallest absolute Gasteiger partial charge is 0.332 e. The highest BCUT2D eigenvalue weighted by Crippen LogP contribution is 2.26. The summed E-state index contributed by atoms with van der Waals surface area (Å²) in [5.74, 6) is 0. The maximum Gasteiger partial charge on any atom is 0.332 e. The summed E-state index contributed by atoms with van der Waals surface area (Å²) in [4.78, 5) is 24.8. The Morgan fingerprint density at radius 3 is 2.62 bits per heavy atom. The molecular formula is C17H13Cl2N3O2. The van der Waals surface area contributed by atoms with Gasteiger partial charge in [-0.15, -0.1) is 0 Å². The van der Waals surface area contributed by atoms with Crippen LogP contribution in [0.25, 0.3) is 10.9 Å². The Morgan fingerprint density at radius 1 is 1.12 bits per heavy atom. The fourth-order valence-corrected chi connectivity index (χ4v) is 2.70. The van der Waals surface area contributed by atoms with Gasteiger partial charge in [0, 0.05) is 29.8 Å². The Kier molecular flexibility index (Phi) is 4.46. The maximum atomic E-state index is 12.4. The van der Waals surface area contributed by atoms with Gasteiger partial charge < -0.3 is 9.88 Å². The van der Waals surface area contributed by atoms with Gasteiger partial charge in [0.05, 0.1) is 15.7 Å². The van der Waals surface area contributed by atoms with Crippen molar-refractivity contribution in [3.63, 3.8) is 0 Å². The lowest BCUT2D eigenvalue weighted by Crippen LogP contribution is -2.33. The third kappa shape index (κ3) is 3.09. The van der Waals surface area contributed by atoms with Crippen LogP contribution in [0.4, 0.5) is 16.2 Å². The molecule has 0 atom stereocenters. The number of amides is 3. The van der Waals surface area contributed by atoms with E-state index in [1.54, 1.807) is 24.3 Å². The molecule has 1 aromatic heterocycles. The van der Waals surface area contributed by atoms with Crippen LogP contribution in [0.3, 0.4) is 0 Å². The van der Waals surface area contributed by atoms with Crippen LogP contribution in [0, 0.1) is 0 Å². The van der Waals surface area contributed by atoms with E-state index in [0.717, 1.165) is 15.8 Å². The zero-order valence-electron chi connectivity index (χ0n) is 12.7. The predicted molar refractivity (Wildman–Crippen MR) is 96.9 cm³/mol. The third-order valence-corrected chi connectivity index (χ3v) is 4.38. The molecule has 122 valence electrons. The minimum atomic E-state index is -0.585. The average Bonchev–Trinajstić information content (AvgIpc) is 2.92. The number of imide groups is 1. The molecule has 5 nitrogen and oxygen atoms in total. The van der Waals surface area contributed by atoms with Crippen LogP contribution in [0.2, 0.25) is 10.0 Å². The van der Waals surface area contributed by atoms with Crippen molar-refractivity contribution >= 4 is 57.9 Å². The highest BCUT2D eigenvalue weighted by Gasteiger charge is 2.16. The van der Waals surface area contributed by atoms with Gasteiger partial charge in [0.1, 0.15) is 0 Å². The van der Waals surface area contributed by atoms with E-state index in [0.29, 0.717) is 27.8 Å². The summed E-state index contributed by atoms with van der Waals surface area (Å²) in [6.45, 7) is 0. The number of carbonyl (C=O) groups is 2. The minimum Gasteiger partial charge on any atom is -0.351 e. The largest absolute Gasteiger partial charge is 0.351 e. The molecule has 3 rings (SSSR count). The van der Waals surface area contributed by atoms with Gasteiger partial charge in [0.15, 0.2) is 0 Å². The normalized spacial score (nSPS) is 10.6. The molecule has 0 spiro atoms. The van der Waals surface area contributed by atoms with Crippen molar-refractivity contribution in [3.05, 3.63) is 58.7 Å². The zero-order chi connectivity index (χ0) is 17.3. The second kappa shape index (κ2) is 6.55. The molecule has 0 saturated carbocycles. The van der Waals surface area contributed by atoms with Gasteiger partial charge in [0.25, 0.3) is 0 Å². The molecule has 7 heteroatoms. The van der Waals surface area contributed by atoms with Crippen LogP contribution in [-0.4, -0.2) is 17.0 Å². The Morgan fingerprint density at radius 2 is 1.92 bits per heavy atom. The fourth-order valence-electron chi connectivity index (χ4n) is 2.40. The van der Waals surface area contributed by atoms with Gasteiger partial charge in [-0.3, -0.25) is 4.79 Å². The van der Waals surface area contributed by atoms with Gasteiger partial charge >= 0.3 is 6.03 Å². The van der Waals surface area contributed by atoms with E-state index in [4.69, 9.17) is 23.2 Å². The first-order valence-electron chi connectivity index (χ1n) is 7.05. The molecular weight excluding hydrogens is 349 g/mol. The number of carbonyl (C=O) groups excluding carboxylic acids is 2. The first kappa shape index (κ1) is 16.4. The summed E-state index contributed by atoms with van der Waals surface area (Å²) in [5, 5.41) is 4.26. The molecule has 0 aliphatic carbocycles. The quantitative estimate of drug-likeness (QED) is 0.688. The molecule has 3 amide bonds. The van der Waals surface area contributed by atoms with E-state index < -0.39 is 6.03 Å². The number of nitrogens with zero attached hydrogens (tertiary/aromatic N) is 2. The lowest BCUT2D eigenvalue weighted by Gasteiger charge is -2.17. The van der Waals surface area contributed by atoms with Gasteiger partial charge in [-0.2, -0.15) is 0 Å². The lowest BCUT2D eigenvalue weighted by molar-refractivity contribution is -0.106. The number of benzene rings is 2. The summed E-state index contributed by atoms with van der Waals surface area (Å²) in [6.07, 6.45) is 2.38. The number of nitrogens with one attached hydrogen (secondary N) is 1. The number of urea groups is 1. The van der Waals surface area contributed by atoms with Gasteiger partial charge in [-0.05, 0) is 42.5 Å². The fraction of sp³-hybridized carbons (Fsp3) is 0.0588. The van der Waals surface area contributed by atoms with Crippen molar-refractivity contribution in [1.29, 1.82) is 0 Å². The zero-order valence-corrected chi connectivity index (χ0v) is 14.2. The van der Waals surface area contributed by atoms with Crippen LogP contribution >= 0.6 is 23.2 Å². The Labute approximate surface area is 148 Å². The predicted octanol–water partition coefficient (Wildman–Crippen LogP) is 4.68. The Bertz CT molecular complexity index is 937. The van der Waals surface area contributed by atoms with Crippen LogP contribution in [0.5, 0.6) is 0 Å². The first-order valence-corrected chi connectivity index (χ1v) is 7.81. The SMILES string of the molecule is Cn1ccc2cc(N(C=O)C(=O)Nc3ccc(Cl)c(Cl)c3)ccc21. The number of hydrogen-bond donors (Lipinski definition) is 1. The minimum absolute atomic E-state index is 0.317. The van der Waals surface area contributed by atoms with Crippen molar-refractivity contribution in [2.75, 3.05) is 10.2 Å². The number of hydrogen-bond acceptors (Lipinski definition) is 2. The molecule has 0 saturated heterocycles. The maximum absolute atomic E-state index is 12.4. The van der Waals surface area contributed by atoms with Crippen molar-refractivity contribution in [1.82, 2.24) is 4.57 Å². The molecule has 0 fully saturated rings. The lowest BCUT2D eigenvalue weighted by atomic mass is 10.2. The van der Waals surface area contributed by atoms with Gasteiger partial charge in [0.2, 0.25) is 6.41 Å². The van der Waals surface area contributed by atoms with E-state index in [2.05, 4.69) is 5.32 Å². The molecule has 0 bridgehead atoms. The van der Waals surface area contributed by atoms with E-state index >= 15 is 0 Å². The molecule has 0 radical (unpaired) electrons. The molecule has 2 aromatic carbocycles. The van der Waals surface area contributed by atoms with Crippen molar-refractivity contribution in [3.8, 4) is 0 Å². The Balaban J connectivity index is 1.87. The highest BCUT2D eigenvalue weighted by atomic mass is 35.5. The third-order valence-electron chi connectivity index (χ3n) is 3.64. The molecule has 1 N–H and O–H groups in total. The van der Waals surface area contributed by atoms with Gasteiger partial charge in [-0.1, -0.05) is 23.2 Å². The number of anilines is 2. The number of halogens is 2. The summed E-state index contributed by atoms with van der Waals surface area (Å²) < 4.78 is 1.96. The molecule has 1 heterocycles. The number of rotatable bonds is 3. The van der Waals surface area contributed by atoms with E-state index in [9.17, 15) is 9.59 Å². The van der Waals surface area contributed by atoms with Crippen LogP contribution in [0.15, 0.2) is 48.7 Å². The van der Waals surface area contributed by atoms with E-state index in [-0.39, 0.29) is 0 Å². The van der Waals surface area contributed by atoms with E-state index in [1.165, 1.54) is 6.07 Å². The molecule has 3 aromatic rings. The summed E-state index contributed by atoms with van der Waals surface area (Å²) >= 11 is 11.8. The molecule has 0 aliphatic heterocycles. The second-order valence-electron chi connectivity index (χ2n) is 5.20. The standard InChI is InChI=1S/C17H13Cl2N3O2/c1-21-7-6-11-8-13(3-5-16(11)21)22(10-23)17(24)20-12-2-4-14(18)15(19)9-12/h2-10H,1H3,(H,20,24). The van der Waals surface area contributed by atoms with Gasteiger partial charge in [-0.25, -0.2) is 9.69 Å². The average molecular weight is 362 g/mol.